The third kappa shape index (κ3) is 6.26. The molecule has 0 bridgehead atoms. The Bertz CT molecular complexity index is 259. The van der Waals surface area contributed by atoms with Crippen LogP contribution in [0.2, 0.25) is 0 Å². The van der Waals surface area contributed by atoms with E-state index in [-0.39, 0.29) is 5.97 Å². The zero-order valence-electron chi connectivity index (χ0n) is 10.5. The highest BCUT2D eigenvalue weighted by atomic mass is 19.1. The van der Waals surface area contributed by atoms with Gasteiger partial charge >= 0.3 is 5.97 Å². The number of ether oxygens (including phenoxy) is 1. The molecule has 0 aromatic carbocycles. The number of carbonyl (C=O) groups is 1. The molecule has 0 aromatic heterocycles. The molecule has 88 valence electrons. The van der Waals surface area contributed by atoms with Crippen LogP contribution in [-0.2, 0) is 9.53 Å². The predicted octanol–water partition coefficient (Wildman–Crippen LogP) is 3.27. The van der Waals surface area contributed by atoms with Gasteiger partial charge in [0, 0.05) is 11.0 Å². The second-order valence-corrected chi connectivity index (χ2v) is 5.45. The molecule has 2 nitrogen and oxygen atoms in total. The number of alkyl halides is 1. The molecule has 0 aromatic rings. The van der Waals surface area contributed by atoms with Crippen molar-refractivity contribution in [3.8, 4) is 0 Å². The first-order chi connectivity index (χ1) is 6.57. The molecule has 0 radical (unpaired) electrons. The number of carbonyl (C=O) groups excluding carboxylic acids is 1. The minimum atomic E-state index is -0.610. The minimum Gasteiger partial charge on any atom is -0.457 e. The molecule has 0 amide bonds. The summed E-state index contributed by atoms with van der Waals surface area (Å²) in [7, 11) is 0. The number of allylic oxidation sites excluding steroid dienone is 1. The third-order valence-corrected chi connectivity index (χ3v) is 1.67. The van der Waals surface area contributed by atoms with Crippen LogP contribution < -0.4 is 0 Å². The Morgan fingerprint density at radius 1 is 1.27 bits per heavy atom. The standard InChI is InChI=1S/C12H21FO2/c1-9(7-12(5,6)8-13)10(14)15-11(2,3)4/h7H,8H2,1-6H3/b9-7+. The van der Waals surface area contributed by atoms with E-state index in [1.54, 1.807) is 47.6 Å². The van der Waals surface area contributed by atoms with Crippen molar-refractivity contribution in [2.24, 2.45) is 5.41 Å². The first kappa shape index (κ1) is 14.1. The SMILES string of the molecule is C/C(=C\C(C)(C)CF)C(=O)OC(C)(C)C. The molecule has 0 unspecified atom stereocenters. The van der Waals surface area contributed by atoms with E-state index >= 15 is 0 Å². The lowest BCUT2D eigenvalue weighted by molar-refractivity contribution is -0.149. The van der Waals surface area contributed by atoms with Gasteiger partial charge in [-0.1, -0.05) is 19.9 Å². The van der Waals surface area contributed by atoms with E-state index in [1.165, 1.54) is 0 Å². The highest BCUT2D eigenvalue weighted by molar-refractivity contribution is 5.88. The van der Waals surface area contributed by atoms with Crippen LogP contribution in [0.5, 0.6) is 0 Å². The van der Waals surface area contributed by atoms with Gasteiger partial charge in [0.05, 0.1) is 6.67 Å². The molecule has 0 N–H and O–H groups in total. The van der Waals surface area contributed by atoms with Gasteiger partial charge in [-0.3, -0.25) is 4.39 Å². The van der Waals surface area contributed by atoms with Crippen LogP contribution in [0.4, 0.5) is 4.39 Å². The highest BCUT2D eigenvalue weighted by Gasteiger charge is 2.21. The Hall–Kier alpha value is -0.860. The summed E-state index contributed by atoms with van der Waals surface area (Å²) in [4.78, 5) is 11.5. The Morgan fingerprint density at radius 3 is 2.07 bits per heavy atom. The van der Waals surface area contributed by atoms with Crippen LogP contribution in [0, 0.1) is 5.41 Å². The summed E-state index contributed by atoms with van der Waals surface area (Å²) in [6, 6.07) is 0. The van der Waals surface area contributed by atoms with Gasteiger partial charge in [0.15, 0.2) is 0 Å². The third-order valence-electron chi connectivity index (χ3n) is 1.67. The number of esters is 1. The van der Waals surface area contributed by atoms with E-state index < -0.39 is 17.7 Å². The van der Waals surface area contributed by atoms with Crippen molar-refractivity contribution in [2.45, 2.75) is 47.1 Å². The second kappa shape index (κ2) is 4.77. The van der Waals surface area contributed by atoms with Crippen LogP contribution in [0.3, 0.4) is 0 Å². The van der Waals surface area contributed by atoms with Gasteiger partial charge in [0.2, 0.25) is 0 Å². The summed E-state index contributed by atoms with van der Waals surface area (Å²) in [5.41, 5.74) is -0.667. The quantitative estimate of drug-likeness (QED) is 0.534. The molecule has 0 spiro atoms. The van der Waals surface area contributed by atoms with Crippen LogP contribution in [-0.4, -0.2) is 18.2 Å². The molecule has 0 saturated carbocycles. The fourth-order valence-corrected chi connectivity index (χ4v) is 1.04. The average molecular weight is 216 g/mol. The van der Waals surface area contributed by atoms with Gasteiger partial charge in [-0.25, -0.2) is 4.79 Å². The van der Waals surface area contributed by atoms with Crippen molar-refractivity contribution >= 4 is 5.97 Å². The average Bonchev–Trinajstić information content (AvgIpc) is 2.00. The first-order valence-corrected chi connectivity index (χ1v) is 5.06. The minimum absolute atomic E-state index is 0.385. The molecule has 0 heterocycles. The van der Waals surface area contributed by atoms with E-state index in [1.807, 2.05) is 0 Å². The summed E-state index contributed by atoms with van der Waals surface area (Å²) >= 11 is 0. The molecule has 15 heavy (non-hydrogen) atoms. The molecular formula is C12H21FO2. The summed E-state index contributed by atoms with van der Waals surface area (Å²) in [5, 5.41) is 0. The predicted molar refractivity (Wildman–Crippen MR) is 59.4 cm³/mol. The molecule has 0 rings (SSSR count). The molecule has 0 atom stereocenters. The van der Waals surface area contributed by atoms with Crippen molar-refractivity contribution in [3.05, 3.63) is 11.6 Å². The Kier molecular flexibility index (Phi) is 4.50. The number of rotatable bonds is 3. The molecule has 0 saturated heterocycles. The van der Waals surface area contributed by atoms with Crippen LogP contribution in [0.1, 0.15) is 41.5 Å². The van der Waals surface area contributed by atoms with Gasteiger partial charge in [0.1, 0.15) is 5.60 Å². The number of hydrogen-bond acceptors (Lipinski definition) is 2. The Labute approximate surface area is 91.5 Å². The summed E-state index contributed by atoms with van der Waals surface area (Å²) < 4.78 is 17.7. The van der Waals surface area contributed by atoms with Crippen molar-refractivity contribution in [1.29, 1.82) is 0 Å². The van der Waals surface area contributed by atoms with Gasteiger partial charge < -0.3 is 4.74 Å². The smallest absolute Gasteiger partial charge is 0.333 e. The van der Waals surface area contributed by atoms with Gasteiger partial charge in [-0.15, -0.1) is 0 Å². The fourth-order valence-electron chi connectivity index (χ4n) is 1.04. The lowest BCUT2D eigenvalue weighted by Crippen LogP contribution is -2.25. The number of hydrogen-bond donors (Lipinski definition) is 0. The lowest BCUT2D eigenvalue weighted by atomic mass is 9.93. The zero-order valence-corrected chi connectivity index (χ0v) is 10.5. The van der Waals surface area contributed by atoms with E-state index in [0.29, 0.717) is 5.57 Å². The Morgan fingerprint density at radius 2 is 1.73 bits per heavy atom. The maximum Gasteiger partial charge on any atom is 0.333 e. The molecule has 3 heteroatoms. The van der Waals surface area contributed by atoms with E-state index in [0.717, 1.165) is 0 Å². The molecule has 0 aliphatic rings. The molecule has 0 aliphatic heterocycles. The van der Waals surface area contributed by atoms with Gasteiger partial charge in [-0.2, -0.15) is 0 Å². The normalized spacial score (nSPS) is 13.9. The lowest BCUT2D eigenvalue weighted by Gasteiger charge is -2.21. The Balaban J connectivity index is 4.59. The molecule has 0 aliphatic carbocycles. The first-order valence-electron chi connectivity index (χ1n) is 5.06. The number of halogens is 1. The van der Waals surface area contributed by atoms with Gasteiger partial charge in [0.25, 0.3) is 0 Å². The van der Waals surface area contributed by atoms with Crippen molar-refractivity contribution < 1.29 is 13.9 Å². The topological polar surface area (TPSA) is 26.3 Å². The largest absolute Gasteiger partial charge is 0.457 e. The highest BCUT2D eigenvalue weighted by Crippen LogP contribution is 2.21. The second-order valence-electron chi connectivity index (χ2n) is 5.45. The molecule has 0 fully saturated rings. The van der Waals surface area contributed by atoms with Crippen molar-refractivity contribution in [3.63, 3.8) is 0 Å². The fraction of sp³-hybridized carbons (Fsp3) is 0.750. The van der Waals surface area contributed by atoms with Gasteiger partial charge in [-0.05, 0) is 27.7 Å². The summed E-state index contributed by atoms with van der Waals surface area (Å²) in [6.07, 6.45) is 1.61. The van der Waals surface area contributed by atoms with Crippen LogP contribution >= 0.6 is 0 Å². The molecular weight excluding hydrogens is 195 g/mol. The maximum atomic E-state index is 12.5. The monoisotopic (exact) mass is 216 g/mol. The van der Waals surface area contributed by atoms with E-state index in [9.17, 15) is 9.18 Å². The van der Waals surface area contributed by atoms with E-state index in [4.69, 9.17) is 4.74 Å². The zero-order chi connectivity index (χ0) is 12.3. The summed E-state index contributed by atoms with van der Waals surface area (Å²) in [6.45, 7) is 10.0. The van der Waals surface area contributed by atoms with Crippen molar-refractivity contribution in [2.75, 3.05) is 6.67 Å². The van der Waals surface area contributed by atoms with Crippen LogP contribution in [0.25, 0.3) is 0 Å². The van der Waals surface area contributed by atoms with E-state index in [2.05, 4.69) is 0 Å². The maximum absolute atomic E-state index is 12.5. The van der Waals surface area contributed by atoms with Crippen molar-refractivity contribution in [1.82, 2.24) is 0 Å². The van der Waals surface area contributed by atoms with Crippen LogP contribution in [0.15, 0.2) is 11.6 Å². The summed E-state index contributed by atoms with van der Waals surface area (Å²) in [5.74, 6) is -0.385.